The topological polar surface area (TPSA) is 64.1 Å². The highest BCUT2D eigenvalue weighted by atomic mass is 35.5. The molecule has 0 aliphatic carbocycles. The van der Waals surface area contributed by atoms with Crippen LogP contribution in [0.5, 0.6) is 0 Å². The van der Waals surface area contributed by atoms with E-state index >= 15 is 0 Å². The first kappa shape index (κ1) is 17.3. The molecule has 128 valence electrons. The van der Waals surface area contributed by atoms with Gasteiger partial charge in [0.1, 0.15) is 16.8 Å². The second-order valence-electron chi connectivity index (χ2n) is 5.79. The van der Waals surface area contributed by atoms with Crippen molar-refractivity contribution in [3.05, 3.63) is 46.9 Å². The smallest absolute Gasteiger partial charge is 0.135 e. The normalized spacial score (nSPS) is 16.8. The third-order valence-corrected chi connectivity index (χ3v) is 5.88. The summed E-state index contributed by atoms with van der Waals surface area (Å²) in [6, 6.07) is 9.59. The summed E-state index contributed by atoms with van der Waals surface area (Å²) in [5.74, 6) is 1.82. The molecule has 2 heterocycles. The summed E-state index contributed by atoms with van der Waals surface area (Å²) in [7, 11) is -0.874. The first-order valence-corrected chi connectivity index (χ1v) is 9.68. The van der Waals surface area contributed by atoms with E-state index in [0.717, 1.165) is 24.1 Å². The van der Waals surface area contributed by atoms with Crippen LogP contribution in [0.1, 0.15) is 24.2 Å². The van der Waals surface area contributed by atoms with Gasteiger partial charge in [-0.15, -0.1) is 0 Å². The maximum Gasteiger partial charge on any atom is 0.135 e. The first-order chi connectivity index (χ1) is 11.6. The molecule has 1 N–H and O–H groups in total. The predicted octanol–water partition coefficient (Wildman–Crippen LogP) is 3.61. The molecule has 1 fully saturated rings. The average Bonchev–Trinajstić information content (AvgIpc) is 2.55. The van der Waals surface area contributed by atoms with Gasteiger partial charge in [0.2, 0.25) is 0 Å². The molecule has 1 atom stereocenters. The molecule has 2 aromatic rings. The highest BCUT2D eigenvalue weighted by Gasteiger charge is 2.20. The molecule has 1 aromatic carbocycles. The number of benzene rings is 1. The summed E-state index contributed by atoms with van der Waals surface area (Å²) >= 11 is 5.96. The van der Waals surface area contributed by atoms with E-state index in [1.54, 1.807) is 13.0 Å². The zero-order chi connectivity index (χ0) is 16.9. The lowest BCUT2D eigenvalue weighted by Crippen LogP contribution is -2.25. The van der Waals surface area contributed by atoms with Crippen LogP contribution in [0.3, 0.4) is 0 Å². The lowest BCUT2D eigenvalue weighted by Gasteiger charge is -2.21. The zero-order valence-electron chi connectivity index (χ0n) is 13.5. The predicted molar refractivity (Wildman–Crippen MR) is 97.2 cm³/mol. The molecule has 0 amide bonds. The minimum absolute atomic E-state index is 0.235. The third kappa shape index (κ3) is 4.75. The van der Waals surface area contributed by atoms with Gasteiger partial charge in [-0.25, -0.2) is 9.97 Å². The van der Waals surface area contributed by atoms with Gasteiger partial charge in [-0.3, -0.25) is 4.21 Å². The standard InChI is InChI=1S/C17H20ClN3O2S/c1-12-19-16(18)10-17(20-12)21-14-4-2-3-13(9-14)11-24(22)15-5-7-23-8-6-15/h2-4,9-10,15H,5-8,11H2,1H3,(H,19,20,21). The van der Waals surface area contributed by atoms with E-state index in [1.165, 1.54) is 0 Å². The molecule has 1 aromatic heterocycles. The molecule has 3 rings (SSSR count). The Hall–Kier alpha value is -1.50. The second kappa shape index (κ2) is 8.05. The van der Waals surface area contributed by atoms with Crippen LogP contribution in [0.4, 0.5) is 11.5 Å². The number of hydrogen-bond donors (Lipinski definition) is 1. The third-order valence-electron chi connectivity index (χ3n) is 3.86. The zero-order valence-corrected chi connectivity index (χ0v) is 15.1. The number of nitrogens with zero attached hydrogens (tertiary/aromatic N) is 2. The second-order valence-corrected chi connectivity index (χ2v) is 7.89. The molecule has 5 nitrogen and oxygen atoms in total. The summed E-state index contributed by atoms with van der Waals surface area (Å²) in [6.07, 6.45) is 1.76. The van der Waals surface area contributed by atoms with Crippen molar-refractivity contribution in [3.8, 4) is 0 Å². The highest BCUT2D eigenvalue weighted by molar-refractivity contribution is 7.84. The summed E-state index contributed by atoms with van der Waals surface area (Å²) in [4.78, 5) is 8.36. The summed E-state index contributed by atoms with van der Waals surface area (Å²) in [6.45, 7) is 3.22. The molecule has 1 aliphatic rings. The van der Waals surface area contributed by atoms with Crippen LogP contribution in [0.25, 0.3) is 0 Å². The number of anilines is 2. The maximum absolute atomic E-state index is 12.5. The molecule has 1 saturated heterocycles. The Balaban J connectivity index is 1.68. The number of aryl methyl sites for hydroxylation is 1. The van der Waals surface area contributed by atoms with Gasteiger partial charge in [-0.2, -0.15) is 0 Å². The minimum atomic E-state index is -0.874. The molecule has 0 spiro atoms. The molecule has 0 bridgehead atoms. The lowest BCUT2D eigenvalue weighted by atomic mass is 10.2. The Kier molecular flexibility index (Phi) is 5.81. The summed E-state index contributed by atoms with van der Waals surface area (Å²) in [5.41, 5.74) is 1.94. The molecular weight excluding hydrogens is 346 g/mol. The van der Waals surface area contributed by atoms with Crippen LogP contribution in [0.15, 0.2) is 30.3 Å². The van der Waals surface area contributed by atoms with Crippen LogP contribution in [-0.4, -0.2) is 32.6 Å². The van der Waals surface area contributed by atoms with Gasteiger partial charge in [-0.05, 0) is 37.5 Å². The number of aromatic nitrogens is 2. The Morgan fingerprint density at radius 2 is 2.08 bits per heavy atom. The number of halogens is 1. The molecule has 24 heavy (non-hydrogen) atoms. The van der Waals surface area contributed by atoms with Crippen molar-refractivity contribution in [2.24, 2.45) is 0 Å². The van der Waals surface area contributed by atoms with Gasteiger partial charge < -0.3 is 10.1 Å². The number of nitrogens with one attached hydrogen (secondary N) is 1. The van der Waals surface area contributed by atoms with Crippen LogP contribution < -0.4 is 5.32 Å². The lowest BCUT2D eigenvalue weighted by molar-refractivity contribution is 0.0992. The maximum atomic E-state index is 12.5. The molecule has 1 unspecified atom stereocenters. The fourth-order valence-corrected chi connectivity index (χ4v) is 4.39. The number of ether oxygens (including phenoxy) is 1. The van der Waals surface area contributed by atoms with Gasteiger partial charge >= 0.3 is 0 Å². The van der Waals surface area contributed by atoms with E-state index in [2.05, 4.69) is 15.3 Å². The monoisotopic (exact) mass is 365 g/mol. The molecule has 0 radical (unpaired) electrons. The van der Waals surface area contributed by atoms with Gasteiger partial charge in [0.15, 0.2) is 0 Å². The van der Waals surface area contributed by atoms with Crippen LogP contribution in [0.2, 0.25) is 5.15 Å². The van der Waals surface area contributed by atoms with Crippen LogP contribution in [0, 0.1) is 6.92 Å². The van der Waals surface area contributed by atoms with Crippen molar-refractivity contribution < 1.29 is 8.95 Å². The first-order valence-electron chi connectivity index (χ1n) is 7.92. The Labute approximate surface area is 149 Å². The van der Waals surface area contributed by atoms with Crippen molar-refractivity contribution in [2.75, 3.05) is 18.5 Å². The van der Waals surface area contributed by atoms with Gasteiger partial charge in [-0.1, -0.05) is 23.7 Å². The van der Waals surface area contributed by atoms with Gasteiger partial charge in [0.05, 0.1) is 0 Å². The molecule has 7 heteroatoms. The number of hydrogen-bond acceptors (Lipinski definition) is 5. The van der Waals surface area contributed by atoms with Crippen molar-refractivity contribution in [1.82, 2.24) is 9.97 Å². The van der Waals surface area contributed by atoms with Crippen molar-refractivity contribution in [2.45, 2.75) is 30.8 Å². The van der Waals surface area contributed by atoms with E-state index in [1.807, 2.05) is 24.3 Å². The summed E-state index contributed by atoms with van der Waals surface area (Å²) in [5, 5.41) is 3.86. The van der Waals surface area contributed by atoms with Crippen molar-refractivity contribution in [1.29, 1.82) is 0 Å². The Morgan fingerprint density at radius 1 is 1.29 bits per heavy atom. The Bertz CT molecular complexity index is 715. The molecular formula is C17H20ClN3O2S. The minimum Gasteiger partial charge on any atom is -0.381 e. The van der Waals surface area contributed by atoms with E-state index in [0.29, 0.717) is 35.8 Å². The largest absolute Gasteiger partial charge is 0.381 e. The Morgan fingerprint density at radius 3 is 2.83 bits per heavy atom. The SMILES string of the molecule is Cc1nc(Cl)cc(Nc2cccc(CS(=O)C3CCOCC3)c2)n1. The molecule has 0 saturated carbocycles. The summed E-state index contributed by atoms with van der Waals surface area (Å²) < 4.78 is 17.9. The van der Waals surface area contributed by atoms with Crippen molar-refractivity contribution in [3.63, 3.8) is 0 Å². The van der Waals surface area contributed by atoms with E-state index in [-0.39, 0.29) is 5.25 Å². The van der Waals surface area contributed by atoms with E-state index < -0.39 is 10.8 Å². The van der Waals surface area contributed by atoms with Crippen LogP contribution in [-0.2, 0) is 21.3 Å². The van der Waals surface area contributed by atoms with Gasteiger partial charge in [0, 0.05) is 46.8 Å². The quantitative estimate of drug-likeness (QED) is 0.820. The fraction of sp³-hybridized carbons (Fsp3) is 0.412. The van der Waals surface area contributed by atoms with Gasteiger partial charge in [0.25, 0.3) is 0 Å². The molecule has 1 aliphatic heterocycles. The average molecular weight is 366 g/mol. The van der Waals surface area contributed by atoms with Crippen LogP contribution >= 0.6 is 11.6 Å². The number of rotatable bonds is 5. The van der Waals surface area contributed by atoms with E-state index in [9.17, 15) is 4.21 Å². The fourth-order valence-electron chi connectivity index (χ4n) is 2.70. The van der Waals surface area contributed by atoms with Crippen molar-refractivity contribution >= 4 is 33.9 Å². The highest BCUT2D eigenvalue weighted by Crippen LogP contribution is 2.21. The van der Waals surface area contributed by atoms with E-state index in [4.69, 9.17) is 16.3 Å².